The maximum atomic E-state index is 11.9. The van der Waals surface area contributed by atoms with E-state index in [0.717, 1.165) is 5.56 Å². The van der Waals surface area contributed by atoms with Gasteiger partial charge in [0, 0.05) is 16.8 Å². The Morgan fingerprint density at radius 3 is 2.78 bits per heavy atom. The summed E-state index contributed by atoms with van der Waals surface area (Å²) in [6, 6.07) is 10.8. The molecule has 0 fully saturated rings. The summed E-state index contributed by atoms with van der Waals surface area (Å²) in [5.74, 6) is 0.424. The molecular weight excluding hydrogens is 250 g/mol. The zero-order valence-electron chi connectivity index (χ0n) is 9.35. The number of fused-ring (bicyclic) bond motifs is 1. The number of anilines is 1. The number of rotatable bonds is 1. The lowest BCUT2D eigenvalue weighted by Gasteiger charge is -2.27. The number of nitrogens with zero attached hydrogens (tertiary/aromatic N) is 1. The van der Waals surface area contributed by atoms with E-state index in [4.69, 9.17) is 11.6 Å². The molecule has 1 aliphatic rings. The summed E-state index contributed by atoms with van der Waals surface area (Å²) in [6.07, 6.45) is 1.29. The molecule has 2 aromatic rings. The monoisotopic (exact) mass is 259 g/mol. The molecule has 0 saturated heterocycles. The number of carbonyl (C=O) groups is 1. The molecule has 3 rings (SSSR count). The molecule has 0 aliphatic carbocycles. The number of hydrogen-bond acceptors (Lipinski definition) is 3. The van der Waals surface area contributed by atoms with E-state index in [0.29, 0.717) is 16.4 Å². The zero-order chi connectivity index (χ0) is 12.5. The van der Waals surface area contributed by atoms with E-state index >= 15 is 0 Å². The molecule has 1 aromatic heterocycles. The van der Waals surface area contributed by atoms with Crippen LogP contribution in [-0.4, -0.2) is 10.9 Å². The van der Waals surface area contributed by atoms with Gasteiger partial charge in [-0.15, -0.1) is 0 Å². The summed E-state index contributed by atoms with van der Waals surface area (Å²) in [6.45, 7) is 0. The standard InChI is InChI=1S/C13H10ClN3O/c14-10-6-2-1-4-8(10)12-16-11-9(13(18)17-12)5-3-7-15-11/h1-7,12H,(H,15,16)(H,17,18)/t12-/m1/s1. The van der Waals surface area contributed by atoms with E-state index < -0.39 is 0 Å². The highest BCUT2D eigenvalue weighted by atomic mass is 35.5. The second-order valence-corrected chi connectivity index (χ2v) is 4.38. The van der Waals surface area contributed by atoms with Crippen molar-refractivity contribution >= 4 is 23.3 Å². The van der Waals surface area contributed by atoms with Gasteiger partial charge in [0.05, 0.1) is 5.56 Å². The fourth-order valence-corrected chi connectivity index (χ4v) is 2.19. The molecule has 0 spiro atoms. The van der Waals surface area contributed by atoms with E-state index in [1.807, 2.05) is 18.2 Å². The summed E-state index contributed by atoms with van der Waals surface area (Å²) in [5.41, 5.74) is 1.37. The maximum absolute atomic E-state index is 11.9. The Labute approximate surface area is 109 Å². The topological polar surface area (TPSA) is 54.0 Å². The molecule has 0 radical (unpaired) electrons. The van der Waals surface area contributed by atoms with Gasteiger partial charge in [0.15, 0.2) is 0 Å². The van der Waals surface area contributed by atoms with Gasteiger partial charge in [0.1, 0.15) is 12.0 Å². The molecule has 2 heterocycles. The van der Waals surface area contributed by atoms with Crippen LogP contribution in [0.3, 0.4) is 0 Å². The third-order valence-electron chi connectivity index (χ3n) is 2.83. The molecule has 5 heteroatoms. The highest BCUT2D eigenvalue weighted by Crippen LogP contribution is 2.28. The van der Waals surface area contributed by atoms with Crippen molar-refractivity contribution in [3.05, 3.63) is 58.7 Å². The molecule has 18 heavy (non-hydrogen) atoms. The van der Waals surface area contributed by atoms with Crippen LogP contribution in [0.5, 0.6) is 0 Å². The first kappa shape index (κ1) is 11.0. The van der Waals surface area contributed by atoms with Crippen LogP contribution in [0.1, 0.15) is 22.1 Å². The van der Waals surface area contributed by atoms with Gasteiger partial charge in [-0.3, -0.25) is 4.79 Å². The van der Waals surface area contributed by atoms with Crippen LogP contribution in [-0.2, 0) is 0 Å². The summed E-state index contributed by atoms with van der Waals surface area (Å²) in [4.78, 5) is 16.1. The van der Waals surface area contributed by atoms with Crippen LogP contribution >= 0.6 is 11.6 Å². The largest absolute Gasteiger partial charge is 0.346 e. The van der Waals surface area contributed by atoms with E-state index in [2.05, 4.69) is 15.6 Å². The van der Waals surface area contributed by atoms with Crippen LogP contribution in [0, 0.1) is 0 Å². The van der Waals surface area contributed by atoms with E-state index in [1.165, 1.54) is 0 Å². The molecule has 0 unspecified atom stereocenters. The number of amides is 1. The average molecular weight is 260 g/mol. The molecule has 0 bridgehead atoms. The fourth-order valence-electron chi connectivity index (χ4n) is 1.95. The normalized spacial score (nSPS) is 17.6. The van der Waals surface area contributed by atoms with Gasteiger partial charge in [-0.1, -0.05) is 29.8 Å². The van der Waals surface area contributed by atoms with Gasteiger partial charge in [0.2, 0.25) is 0 Å². The van der Waals surface area contributed by atoms with Crippen LogP contribution in [0.15, 0.2) is 42.6 Å². The van der Waals surface area contributed by atoms with Gasteiger partial charge in [-0.2, -0.15) is 0 Å². The van der Waals surface area contributed by atoms with Crippen LogP contribution in [0.2, 0.25) is 5.02 Å². The average Bonchev–Trinajstić information content (AvgIpc) is 2.39. The first-order chi connectivity index (χ1) is 8.75. The highest BCUT2D eigenvalue weighted by Gasteiger charge is 2.26. The van der Waals surface area contributed by atoms with Crippen molar-refractivity contribution in [3.8, 4) is 0 Å². The van der Waals surface area contributed by atoms with E-state index in [-0.39, 0.29) is 12.1 Å². The summed E-state index contributed by atoms with van der Waals surface area (Å²) in [7, 11) is 0. The van der Waals surface area contributed by atoms with Crippen LogP contribution in [0.4, 0.5) is 5.82 Å². The Bertz CT molecular complexity index is 615. The van der Waals surface area contributed by atoms with Crippen molar-refractivity contribution in [1.82, 2.24) is 10.3 Å². The Hall–Kier alpha value is -2.07. The molecule has 1 amide bonds. The van der Waals surface area contributed by atoms with Crippen LogP contribution < -0.4 is 10.6 Å². The van der Waals surface area contributed by atoms with Gasteiger partial charge in [0.25, 0.3) is 5.91 Å². The second kappa shape index (κ2) is 4.31. The number of halogens is 1. The molecule has 0 saturated carbocycles. The lowest BCUT2D eigenvalue weighted by Crippen LogP contribution is -2.39. The van der Waals surface area contributed by atoms with Crippen molar-refractivity contribution in [3.63, 3.8) is 0 Å². The molecule has 4 nitrogen and oxygen atoms in total. The van der Waals surface area contributed by atoms with Crippen molar-refractivity contribution in [2.45, 2.75) is 6.17 Å². The first-order valence-corrected chi connectivity index (χ1v) is 5.90. The fraction of sp³-hybridized carbons (Fsp3) is 0.0769. The van der Waals surface area contributed by atoms with Gasteiger partial charge in [-0.05, 0) is 18.2 Å². The lowest BCUT2D eigenvalue weighted by atomic mass is 10.1. The highest BCUT2D eigenvalue weighted by molar-refractivity contribution is 6.31. The number of pyridine rings is 1. The molecule has 1 atom stereocenters. The molecule has 90 valence electrons. The van der Waals surface area contributed by atoms with Gasteiger partial charge in [-0.25, -0.2) is 4.98 Å². The molecule has 1 aliphatic heterocycles. The van der Waals surface area contributed by atoms with E-state index in [1.54, 1.807) is 24.4 Å². The van der Waals surface area contributed by atoms with Crippen molar-refractivity contribution in [1.29, 1.82) is 0 Å². The Kier molecular flexibility index (Phi) is 2.64. The summed E-state index contributed by atoms with van der Waals surface area (Å²) >= 11 is 6.12. The third-order valence-corrected chi connectivity index (χ3v) is 3.17. The Morgan fingerprint density at radius 2 is 1.94 bits per heavy atom. The quantitative estimate of drug-likeness (QED) is 0.828. The van der Waals surface area contributed by atoms with Crippen molar-refractivity contribution < 1.29 is 4.79 Å². The molecular formula is C13H10ClN3O. The smallest absolute Gasteiger partial charge is 0.256 e. The van der Waals surface area contributed by atoms with Crippen molar-refractivity contribution in [2.75, 3.05) is 5.32 Å². The SMILES string of the molecule is O=C1N[C@H](c2ccccc2Cl)Nc2ncccc21. The van der Waals surface area contributed by atoms with Gasteiger partial charge < -0.3 is 10.6 Å². The predicted octanol–water partition coefficient (Wildman–Crippen LogP) is 2.59. The van der Waals surface area contributed by atoms with Crippen LogP contribution in [0.25, 0.3) is 0 Å². The minimum Gasteiger partial charge on any atom is -0.346 e. The number of aromatic nitrogens is 1. The number of hydrogen-bond donors (Lipinski definition) is 2. The Morgan fingerprint density at radius 1 is 1.11 bits per heavy atom. The maximum Gasteiger partial charge on any atom is 0.256 e. The number of nitrogens with one attached hydrogen (secondary N) is 2. The first-order valence-electron chi connectivity index (χ1n) is 5.52. The Balaban J connectivity index is 2.00. The van der Waals surface area contributed by atoms with Gasteiger partial charge >= 0.3 is 0 Å². The predicted molar refractivity (Wildman–Crippen MR) is 69.5 cm³/mol. The summed E-state index contributed by atoms with van der Waals surface area (Å²) in [5, 5.41) is 6.62. The molecule has 2 N–H and O–H groups in total. The third kappa shape index (κ3) is 1.80. The minimum absolute atomic E-state index is 0.151. The zero-order valence-corrected chi connectivity index (χ0v) is 10.1. The van der Waals surface area contributed by atoms with E-state index in [9.17, 15) is 4.79 Å². The van der Waals surface area contributed by atoms with Crippen molar-refractivity contribution in [2.24, 2.45) is 0 Å². The minimum atomic E-state index is -0.353. The summed E-state index contributed by atoms with van der Waals surface area (Å²) < 4.78 is 0. The number of benzene rings is 1. The number of carbonyl (C=O) groups excluding carboxylic acids is 1. The molecule has 1 aromatic carbocycles. The second-order valence-electron chi connectivity index (χ2n) is 3.97. The lowest BCUT2D eigenvalue weighted by molar-refractivity contribution is 0.0935.